The number of aromatic carboxylic acids is 1. The summed E-state index contributed by atoms with van der Waals surface area (Å²) >= 11 is 6.59. The number of amides is 1. The SMILES string of the molecule is O=C(O)c1ccc(-c2ccc(-c3nc4nc(OC5CCC(C(=O)N6CCC6)CC5)[nH]c4cc3Cl)cc2)cc1. The van der Waals surface area contributed by atoms with Crippen molar-refractivity contribution >= 4 is 34.6 Å². The van der Waals surface area contributed by atoms with Gasteiger partial charge in [-0.2, -0.15) is 4.98 Å². The van der Waals surface area contributed by atoms with Crippen LogP contribution in [-0.2, 0) is 4.79 Å². The second-order valence-corrected chi connectivity index (χ2v) is 10.4. The molecule has 0 radical (unpaired) electrons. The first kappa shape index (κ1) is 24.4. The van der Waals surface area contributed by atoms with Crippen LogP contribution < -0.4 is 4.74 Å². The zero-order chi connectivity index (χ0) is 26.2. The maximum Gasteiger partial charge on any atom is 0.335 e. The average Bonchev–Trinajstić information content (AvgIpc) is 3.28. The van der Waals surface area contributed by atoms with Gasteiger partial charge >= 0.3 is 5.97 Å². The summed E-state index contributed by atoms with van der Waals surface area (Å²) in [7, 11) is 0. The molecule has 2 aromatic heterocycles. The number of nitrogens with zero attached hydrogens (tertiary/aromatic N) is 3. The fourth-order valence-electron chi connectivity index (χ4n) is 5.16. The van der Waals surface area contributed by atoms with Crippen LogP contribution in [0.1, 0.15) is 42.5 Å². The minimum atomic E-state index is -0.948. The number of ether oxygens (including phenoxy) is 1. The Balaban J connectivity index is 1.14. The lowest BCUT2D eigenvalue weighted by Crippen LogP contribution is -2.46. The molecule has 6 rings (SSSR count). The number of carboxylic acids is 1. The van der Waals surface area contributed by atoms with Gasteiger partial charge in [-0.3, -0.25) is 4.79 Å². The van der Waals surface area contributed by atoms with E-state index in [1.165, 1.54) is 0 Å². The molecule has 0 unspecified atom stereocenters. The summed E-state index contributed by atoms with van der Waals surface area (Å²) in [5.41, 5.74) is 4.82. The highest BCUT2D eigenvalue weighted by Gasteiger charge is 2.32. The average molecular weight is 531 g/mol. The standard InChI is InChI=1S/C29H27ClN4O4/c30-23-16-24-26(33-29(31-24)38-22-12-10-20(11-13-22)27(35)34-14-1-15-34)32-25(23)19-6-2-17(3-7-19)18-4-8-21(9-5-18)28(36)37/h2-9,16,20,22H,1,10-15H2,(H,36,37)(H,31,32,33). The molecule has 1 saturated heterocycles. The van der Waals surface area contributed by atoms with Gasteiger partial charge in [0.05, 0.1) is 21.8 Å². The molecule has 2 aromatic carbocycles. The Kier molecular flexibility index (Phi) is 6.49. The molecular weight excluding hydrogens is 504 g/mol. The van der Waals surface area contributed by atoms with Crippen LogP contribution in [-0.4, -0.2) is 56.0 Å². The molecule has 1 aliphatic carbocycles. The maximum absolute atomic E-state index is 12.5. The smallest absolute Gasteiger partial charge is 0.335 e. The van der Waals surface area contributed by atoms with Crippen molar-refractivity contribution in [3.63, 3.8) is 0 Å². The van der Waals surface area contributed by atoms with Crippen LogP contribution in [0.4, 0.5) is 0 Å². The zero-order valence-corrected chi connectivity index (χ0v) is 21.4. The van der Waals surface area contributed by atoms with Gasteiger partial charge in [0.2, 0.25) is 5.91 Å². The first-order valence-electron chi connectivity index (χ1n) is 12.9. The summed E-state index contributed by atoms with van der Waals surface area (Å²) in [4.78, 5) is 38.0. The highest BCUT2D eigenvalue weighted by atomic mass is 35.5. The number of nitrogens with one attached hydrogen (secondary N) is 1. The number of H-pyrrole nitrogens is 1. The molecule has 38 heavy (non-hydrogen) atoms. The van der Waals surface area contributed by atoms with Crippen LogP contribution in [0, 0.1) is 5.92 Å². The van der Waals surface area contributed by atoms with Crippen LogP contribution in [0.2, 0.25) is 5.02 Å². The Labute approximate surface area is 224 Å². The lowest BCUT2D eigenvalue weighted by molar-refractivity contribution is -0.140. The highest BCUT2D eigenvalue weighted by molar-refractivity contribution is 6.33. The summed E-state index contributed by atoms with van der Waals surface area (Å²) in [5.74, 6) is -0.533. The number of likely N-dealkylation sites (tertiary alicyclic amines) is 1. The number of fused-ring (bicyclic) bond motifs is 1. The Morgan fingerprint density at radius 2 is 1.55 bits per heavy atom. The van der Waals surface area contributed by atoms with Gasteiger partial charge in [-0.05, 0) is 61.4 Å². The van der Waals surface area contributed by atoms with Gasteiger partial charge < -0.3 is 19.7 Å². The number of hydrogen-bond acceptors (Lipinski definition) is 5. The van der Waals surface area contributed by atoms with Gasteiger partial charge in [0.1, 0.15) is 6.10 Å². The van der Waals surface area contributed by atoms with E-state index in [2.05, 4.69) is 9.97 Å². The second-order valence-electron chi connectivity index (χ2n) is 9.96. The molecular formula is C29H27ClN4O4. The van der Waals surface area contributed by atoms with Gasteiger partial charge in [0, 0.05) is 24.6 Å². The van der Waals surface area contributed by atoms with Crippen LogP contribution in [0.3, 0.4) is 0 Å². The predicted molar refractivity (Wildman–Crippen MR) is 144 cm³/mol. The number of aromatic amines is 1. The van der Waals surface area contributed by atoms with Gasteiger partial charge in [-0.25, -0.2) is 9.78 Å². The number of carboxylic acid groups (broad SMARTS) is 1. The van der Waals surface area contributed by atoms with Crippen LogP contribution in [0.15, 0.2) is 54.6 Å². The summed E-state index contributed by atoms with van der Waals surface area (Å²) in [6.45, 7) is 1.80. The normalized spacial score (nSPS) is 19.2. The number of halogens is 1. The third-order valence-electron chi connectivity index (χ3n) is 7.50. The number of aromatic nitrogens is 3. The van der Waals surface area contributed by atoms with Crippen molar-refractivity contribution in [3.8, 4) is 28.4 Å². The number of carbonyl (C=O) groups is 2. The third-order valence-corrected chi connectivity index (χ3v) is 7.79. The van der Waals surface area contributed by atoms with E-state index in [1.54, 1.807) is 30.3 Å². The minimum Gasteiger partial charge on any atom is -0.478 e. The largest absolute Gasteiger partial charge is 0.478 e. The van der Waals surface area contributed by atoms with E-state index < -0.39 is 5.97 Å². The molecule has 0 bridgehead atoms. The number of rotatable bonds is 6. The molecule has 3 heterocycles. The second kappa shape index (κ2) is 10.1. The lowest BCUT2D eigenvalue weighted by Gasteiger charge is -2.36. The van der Waals surface area contributed by atoms with Crippen LogP contribution >= 0.6 is 11.6 Å². The van der Waals surface area contributed by atoms with E-state index in [0.29, 0.717) is 33.8 Å². The molecule has 2 fully saturated rings. The third kappa shape index (κ3) is 4.84. The predicted octanol–water partition coefficient (Wildman–Crippen LogP) is 5.81. The Bertz CT molecular complexity index is 1490. The van der Waals surface area contributed by atoms with Crippen molar-refractivity contribution in [2.45, 2.75) is 38.2 Å². The molecule has 4 aromatic rings. The summed E-state index contributed by atoms with van der Waals surface area (Å²) < 4.78 is 6.13. The Morgan fingerprint density at radius 3 is 2.16 bits per heavy atom. The molecule has 1 saturated carbocycles. The molecule has 9 heteroatoms. The lowest BCUT2D eigenvalue weighted by atomic mass is 9.86. The van der Waals surface area contributed by atoms with Crippen molar-refractivity contribution in [1.82, 2.24) is 19.9 Å². The fraction of sp³-hybridized carbons (Fsp3) is 0.310. The quantitative estimate of drug-likeness (QED) is 0.325. The van der Waals surface area contributed by atoms with E-state index in [0.717, 1.165) is 61.9 Å². The van der Waals surface area contributed by atoms with Gasteiger partial charge in [0.15, 0.2) is 5.65 Å². The number of benzene rings is 2. The van der Waals surface area contributed by atoms with E-state index in [1.807, 2.05) is 29.2 Å². The molecule has 8 nitrogen and oxygen atoms in total. The van der Waals surface area contributed by atoms with E-state index in [-0.39, 0.29) is 17.6 Å². The van der Waals surface area contributed by atoms with Crippen LogP contribution in [0.25, 0.3) is 33.5 Å². The van der Waals surface area contributed by atoms with Gasteiger partial charge in [-0.1, -0.05) is 48.0 Å². The van der Waals surface area contributed by atoms with Gasteiger partial charge in [-0.15, -0.1) is 0 Å². The van der Waals surface area contributed by atoms with Crippen molar-refractivity contribution in [1.29, 1.82) is 0 Å². The zero-order valence-electron chi connectivity index (χ0n) is 20.7. The van der Waals surface area contributed by atoms with Crippen LogP contribution in [0.5, 0.6) is 6.01 Å². The van der Waals surface area contributed by atoms with Crippen molar-refractivity contribution in [3.05, 3.63) is 65.2 Å². The van der Waals surface area contributed by atoms with E-state index >= 15 is 0 Å². The molecule has 1 amide bonds. The van der Waals surface area contributed by atoms with Gasteiger partial charge in [0.25, 0.3) is 6.01 Å². The number of carbonyl (C=O) groups excluding carboxylic acids is 1. The molecule has 2 N–H and O–H groups in total. The topological polar surface area (TPSA) is 108 Å². The first-order chi connectivity index (χ1) is 18.4. The molecule has 0 atom stereocenters. The van der Waals surface area contributed by atoms with E-state index in [9.17, 15) is 9.59 Å². The molecule has 1 aliphatic heterocycles. The highest BCUT2D eigenvalue weighted by Crippen LogP contribution is 2.33. The maximum atomic E-state index is 12.5. The van der Waals surface area contributed by atoms with Crippen molar-refractivity contribution in [2.24, 2.45) is 5.92 Å². The number of pyridine rings is 1. The number of imidazole rings is 1. The first-order valence-corrected chi connectivity index (χ1v) is 13.3. The molecule has 0 spiro atoms. The monoisotopic (exact) mass is 530 g/mol. The molecule has 194 valence electrons. The summed E-state index contributed by atoms with van der Waals surface area (Å²) in [5, 5.41) is 9.60. The minimum absolute atomic E-state index is 0.0167. The molecule has 2 aliphatic rings. The van der Waals surface area contributed by atoms with Crippen molar-refractivity contribution < 1.29 is 19.4 Å². The summed E-state index contributed by atoms with van der Waals surface area (Å²) in [6, 6.07) is 16.8. The van der Waals surface area contributed by atoms with E-state index in [4.69, 9.17) is 26.4 Å². The Hall–Kier alpha value is -3.91. The fourth-order valence-corrected chi connectivity index (χ4v) is 5.42. The number of hydrogen-bond donors (Lipinski definition) is 2. The summed E-state index contributed by atoms with van der Waals surface area (Å²) in [6.07, 6.45) is 4.47. The van der Waals surface area contributed by atoms with Crippen molar-refractivity contribution in [2.75, 3.05) is 13.1 Å². The Morgan fingerprint density at radius 1 is 0.921 bits per heavy atom.